The van der Waals surface area contributed by atoms with Gasteiger partial charge in [-0.05, 0) is 19.3 Å². The van der Waals surface area contributed by atoms with E-state index in [4.69, 9.17) is 5.73 Å². The molecule has 0 saturated heterocycles. The number of benzene rings is 1. The lowest BCUT2D eigenvalue weighted by atomic mass is 9.92. The van der Waals surface area contributed by atoms with Gasteiger partial charge in [0.05, 0.1) is 11.7 Å². The molecule has 0 unspecified atom stereocenters. The molecule has 1 aromatic heterocycles. The summed E-state index contributed by atoms with van der Waals surface area (Å²) >= 11 is 0. The van der Waals surface area contributed by atoms with Gasteiger partial charge in [-0.25, -0.2) is 4.68 Å². The van der Waals surface area contributed by atoms with Gasteiger partial charge in [0.1, 0.15) is 5.69 Å². The highest BCUT2D eigenvalue weighted by Crippen LogP contribution is 2.35. The Kier molecular flexibility index (Phi) is 2.65. The molecule has 2 aromatic rings. The third kappa shape index (κ3) is 1.74. The number of hydrogen-bond acceptors (Lipinski definition) is 3. The SMILES string of the molecule is NCc1nnn(C2CCC2)c1-c1ccccc1. The van der Waals surface area contributed by atoms with E-state index >= 15 is 0 Å². The van der Waals surface area contributed by atoms with Crippen LogP contribution in [0.4, 0.5) is 0 Å². The molecule has 0 aliphatic heterocycles. The van der Waals surface area contributed by atoms with E-state index in [0.29, 0.717) is 12.6 Å². The van der Waals surface area contributed by atoms with Crippen LogP contribution in [-0.2, 0) is 6.54 Å². The predicted octanol–water partition coefficient (Wildman–Crippen LogP) is 2.13. The summed E-state index contributed by atoms with van der Waals surface area (Å²) in [5.41, 5.74) is 8.89. The zero-order valence-electron chi connectivity index (χ0n) is 9.71. The van der Waals surface area contributed by atoms with Gasteiger partial charge in [-0.1, -0.05) is 35.5 Å². The maximum Gasteiger partial charge on any atom is 0.104 e. The average Bonchev–Trinajstić information content (AvgIpc) is 2.71. The minimum Gasteiger partial charge on any atom is -0.325 e. The standard InChI is InChI=1S/C13H16N4/c14-9-12-13(10-5-2-1-3-6-10)17(16-15-12)11-7-4-8-11/h1-3,5-6,11H,4,7-9,14H2. The van der Waals surface area contributed by atoms with Crippen molar-refractivity contribution >= 4 is 0 Å². The van der Waals surface area contributed by atoms with Crippen LogP contribution in [0.15, 0.2) is 30.3 Å². The van der Waals surface area contributed by atoms with E-state index in [-0.39, 0.29) is 0 Å². The second-order valence-corrected chi connectivity index (χ2v) is 4.48. The molecule has 3 rings (SSSR count). The van der Waals surface area contributed by atoms with Crippen molar-refractivity contribution in [2.75, 3.05) is 0 Å². The van der Waals surface area contributed by atoms with E-state index in [1.54, 1.807) is 0 Å². The lowest BCUT2D eigenvalue weighted by molar-refractivity contribution is 0.287. The summed E-state index contributed by atoms with van der Waals surface area (Å²) in [7, 11) is 0. The van der Waals surface area contributed by atoms with Gasteiger partial charge in [-0.15, -0.1) is 5.10 Å². The Labute approximate surface area is 100 Å². The minimum absolute atomic E-state index is 0.441. The summed E-state index contributed by atoms with van der Waals surface area (Å²) in [6.45, 7) is 0.441. The molecule has 1 saturated carbocycles. The van der Waals surface area contributed by atoms with Crippen molar-refractivity contribution in [3.05, 3.63) is 36.0 Å². The summed E-state index contributed by atoms with van der Waals surface area (Å²) in [6.07, 6.45) is 3.69. The van der Waals surface area contributed by atoms with Gasteiger partial charge in [0.15, 0.2) is 0 Å². The van der Waals surface area contributed by atoms with Gasteiger partial charge >= 0.3 is 0 Å². The molecule has 1 heterocycles. The molecule has 88 valence electrons. The number of nitrogens with zero attached hydrogens (tertiary/aromatic N) is 3. The molecule has 1 fully saturated rings. The van der Waals surface area contributed by atoms with Crippen molar-refractivity contribution < 1.29 is 0 Å². The van der Waals surface area contributed by atoms with Crippen molar-refractivity contribution in [2.24, 2.45) is 5.73 Å². The minimum atomic E-state index is 0.441. The van der Waals surface area contributed by atoms with Crippen LogP contribution in [-0.4, -0.2) is 15.0 Å². The molecule has 0 radical (unpaired) electrons. The fourth-order valence-corrected chi connectivity index (χ4v) is 2.25. The second kappa shape index (κ2) is 4.30. The van der Waals surface area contributed by atoms with Crippen molar-refractivity contribution in [1.82, 2.24) is 15.0 Å². The molecule has 0 spiro atoms. The number of hydrogen-bond donors (Lipinski definition) is 1. The molecule has 4 heteroatoms. The highest BCUT2D eigenvalue weighted by molar-refractivity contribution is 5.61. The summed E-state index contributed by atoms with van der Waals surface area (Å²) in [5, 5.41) is 8.47. The highest BCUT2D eigenvalue weighted by atomic mass is 15.4. The molecule has 0 bridgehead atoms. The number of aromatic nitrogens is 3. The van der Waals surface area contributed by atoms with Crippen LogP contribution in [0.5, 0.6) is 0 Å². The van der Waals surface area contributed by atoms with Crippen molar-refractivity contribution in [2.45, 2.75) is 31.8 Å². The lowest BCUT2D eigenvalue weighted by Crippen LogP contribution is -2.19. The van der Waals surface area contributed by atoms with Crippen molar-refractivity contribution in [3.8, 4) is 11.3 Å². The van der Waals surface area contributed by atoms with Crippen LogP contribution < -0.4 is 5.73 Å². The quantitative estimate of drug-likeness (QED) is 0.875. The Hall–Kier alpha value is -1.68. The van der Waals surface area contributed by atoms with Gasteiger partial charge in [0.25, 0.3) is 0 Å². The van der Waals surface area contributed by atoms with Gasteiger partial charge < -0.3 is 5.73 Å². The van der Waals surface area contributed by atoms with Crippen LogP contribution in [0.1, 0.15) is 31.0 Å². The highest BCUT2D eigenvalue weighted by Gasteiger charge is 2.25. The van der Waals surface area contributed by atoms with E-state index in [0.717, 1.165) is 17.0 Å². The van der Waals surface area contributed by atoms with E-state index in [9.17, 15) is 0 Å². The fourth-order valence-electron chi connectivity index (χ4n) is 2.25. The van der Waals surface area contributed by atoms with E-state index in [2.05, 4.69) is 27.1 Å². The maximum absolute atomic E-state index is 5.75. The zero-order chi connectivity index (χ0) is 11.7. The molecule has 1 aromatic carbocycles. The Morgan fingerprint density at radius 2 is 2.00 bits per heavy atom. The van der Waals surface area contributed by atoms with E-state index < -0.39 is 0 Å². The molecule has 0 amide bonds. The lowest BCUT2D eigenvalue weighted by Gasteiger charge is -2.26. The molecule has 0 atom stereocenters. The maximum atomic E-state index is 5.75. The zero-order valence-corrected chi connectivity index (χ0v) is 9.71. The molecule has 4 nitrogen and oxygen atoms in total. The monoisotopic (exact) mass is 228 g/mol. The third-order valence-corrected chi connectivity index (χ3v) is 3.43. The van der Waals surface area contributed by atoms with Crippen LogP contribution >= 0.6 is 0 Å². The number of rotatable bonds is 3. The Balaban J connectivity index is 2.09. The van der Waals surface area contributed by atoms with Gasteiger partial charge in [-0.3, -0.25) is 0 Å². The van der Waals surface area contributed by atoms with Crippen LogP contribution in [0.25, 0.3) is 11.3 Å². The predicted molar refractivity (Wildman–Crippen MR) is 66.2 cm³/mol. The summed E-state index contributed by atoms with van der Waals surface area (Å²) in [5.74, 6) is 0. The molecular formula is C13H16N4. The second-order valence-electron chi connectivity index (χ2n) is 4.48. The Morgan fingerprint density at radius 1 is 1.24 bits per heavy atom. The van der Waals surface area contributed by atoms with E-state index in [1.807, 2.05) is 18.2 Å². The van der Waals surface area contributed by atoms with E-state index in [1.165, 1.54) is 19.3 Å². The fraction of sp³-hybridized carbons (Fsp3) is 0.385. The Morgan fingerprint density at radius 3 is 2.59 bits per heavy atom. The topological polar surface area (TPSA) is 56.7 Å². The molecule has 1 aliphatic rings. The van der Waals surface area contributed by atoms with Crippen molar-refractivity contribution in [3.63, 3.8) is 0 Å². The van der Waals surface area contributed by atoms with Gasteiger partial charge in [-0.2, -0.15) is 0 Å². The average molecular weight is 228 g/mol. The first-order valence-corrected chi connectivity index (χ1v) is 6.09. The first-order valence-electron chi connectivity index (χ1n) is 6.09. The normalized spacial score (nSPS) is 15.8. The van der Waals surface area contributed by atoms with Crippen LogP contribution in [0, 0.1) is 0 Å². The molecule has 2 N–H and O–H groups in total. The van der Waals surface area contributed by atoms with Crippen molar-refractivity contribution in [1.29, 1.82) is 0 Å². The summed E-state index contributed by atoms with van der Waals surface area (Å²) in [6, 6.07) is 10.8. The molecular weight excluding hydrogens is 212 g/mol. The van der Waals surface area contributed by atoms with Crippen LogP contribution in [0.2, 0.25) is 0 Å². The van der Waals surface area contributed by atoms with Gasteiger partial charge in [0.2, 0.25) is 0 Å². The first kappa shape index (κ1) is 10.5. The third-order valence-electron chi connectivity index (χ3n) is 3.43. The Bertz CT molecular complexity index is 499. The smallest absolute Gasteiger partial charge is 0.104 e. The van der Waals surface area contributed by atoms with Gasteiger partial charge in [0, 0.05) is 12.1 Å². The largest absolute Gasteiger partial charge is 0.325 e. The molecule has 17 heavy (non-hydrogen) atoms. The summed E-state index contributed by atoms with van der Waals surface area (Å²) < 4.78 is 2.06. The summed E-state index contributed by atoms with van der Waals surface area (Å²) in [4.78, 5) is 0. The number of nitrogens with two attached hydrogens (primary N) is 1. The first-order chi connectivity index (χ1) is 8.40. The molecule has 1 aliphatic carbocycles. The van der Waals surface area contributed by atoms with Crippen LogP contribution in [0.3, 0.4) is 0 Å².